The fourth-order valence-electron chi connectivity index (χ4n) is 3.17. The van der Waals surface area contributed by atoms with Gasteiger partial charge in [0.1, 0.15) is 0 Å². The Bertz CT molecular complexity index is 900. The van der Waals surface area contributed by atoms with Crippen molar-refractivity contribution in [3.8, 4) is 11.3 Å². The first kappa shape index (κ1) is 17.1. The summed E-state index contributed by atoms with van der Waals surface area (Å²) in [6.07, 6.45) is 1.53. The van der Waals surface area contributed by atoms with Gasteiger partial charge in [-0.15, -0.1) is 10.2 Å². The molecule has 1 fully saturated rings. The lowest BCUT2D eigenvalue weighted by molar-refractivity contribution is 0.207. The fraction of sp³-hybridized carbons (Fsp3) is 0.250. The standard InChI is InChI=1S/C20H21N5O2/c1-15-5-2-3-6-16(15)17-8-9-18(23-22-17)24-10-12-25(13-11-24)20(26)21-19-7-4-14-27-19/h2-9,14H,10-13H2,1H3,(H,21,26). The molecule has 1 aliphatic rings. The number of urea groups is 1. The molecule has 3 aromatic rings. The van der Waals surface area contributed by atoms with Crippen LogP contribution in [-0.2, 0) is 0 Å². The van der Waals surface area contributed by atoms with Crippen molar-refractivity contribution < 1.29 is 9.21 Å². The van der Waals surface area contributed by atoms with E-state index in [0.717, 1.165) is 17.1 Å². The Morgan fingerprint density at radius 2 is 1.81 bits per heavy atom. The van der Waals surface area contributed by atoms with Gasteiger partial charge < -0.3 is 14.2 Å². The van der Waals surface area contributed by atoms with Crippen LogP contribution in [0, 0.1) is 6.92 Å². The molecule has 0 unspecified atom stereocenters. The highest BCUT2D eigenvalue weighted by Crippen LogP contribution is 2.22. The van der Waals surface area contributed by atoms with Crippen molar-refractivity contribution in [2.45, 2.75) is 6.92 Å². The van der Waals surface area contributed by atoms with Crippen LogP contribution in [0.3, 0.4) is 0 Å². The summed E-state index contributed by atoms with van der Waals surface area (Å²) < 4.78 is 5.15. The third-order valence-corrected chi connectivity index (χ3v) is 4.71. The summed E-state index contributed by atoms with van der Waals surface area (Å²) in [5.74, 6) is 1.29. The van der Waals surface area contributed by atoms with Gasteiger partial charge in [0.05, 0.1) is 12.0 Å². The van der Waals surface area contributed by atoms with Crippen molar-refractivity contribution in [2.24, 2.45) is 0 Å². The minimum atomic E-state index is -0.148. The van der Waals surface area contributed by atoms with E-state index >= 15 is 0 Å². The van der Waals surface area contributed by atoms with Crippen LogP contribution in [0.15, 0.2) is 59.2 Å². The van der Waals surface area contributed by atoms with Gasteiger partial charge in [-0.1, -0.05) is 24.3 Å². The minimum Gasteiger partial charge on any atom is -0.449 e. The highest BCUT2D eigenvalue weighted by Gasteiger charge is 2.22. The maximum Gasteiger partial charge on any atom is 0.324 e. The maximum atomic E-state index is 12.3. The highest BCUT2D eigenvalue weighted by molar-refractivity contribution is 5.88. The number of anilines is 2. The van der Waals surface area contributed by atoms with E-state index in [1.807, 2.05) is 24.3 Å². The lowest BCUT2D eigenvalue weighted by atomic mass is 10.1. The number of hydrogen-bond donors (Lipinski definition) is 1. The Labute approximate surface area is 157 Å². The number of carbonyl (C=O) groups is 1. The average Bonchev–Trinajstić information content (AvgIpc) is 3.22. The third-order valence-electron chi connectivity index (χ3n) is 4.71. The monoisotopic (exact) mass is 363 g/mol. The smallest absolute Gasteiger partial charge is 0.324 e. The molecule has 0 aliphatic carbocycles. The number of aromatic nitrogens is 2. The number of hydrogen-bond acceptors (Lipinski definition) is 5. The summed E-state index contributed by atoms with van der Waals surface area (Å²) in [7, 11) is 0. The number of piperazine rings is 1. The van der Waals surface area contributed by atoms with Crippen molar-refractivity contribution in [3.05, 3.63) is 60.4 Å². The molecule has 2 aromatic heterocycles. The van der Waals surface area contributed by atoms with Crippen molar-refractivity contribution in [1.29, 1.82) is 0 Å². The van der Waals surface area contributed by atoms with Crippen LogP contribution in [0.1, 0.15) is 5.56 Å². The van der Waals surface area contributed by atoms with Crippen molar-refractivity contribution in [1.82, 2.24) is 15.1 Å². The molecule has 27 heavy (non-hydrogen) atoms. The molecule has 0 bridgehead atoms. The zero-order valence-corrected chi connectivity index (χ0v) is 15.1. The number of amides is 2. The Kier molecular flexibility index (Phi) is 4.74. The van der Waals surface area contributed by atoms with E-state index in [9.17, 15) is 4.79 Å². The summed E-state index contributed by atoms with van der Waals surface area (Å²) in [6.45, 7) is 4.73. The molecule has 0 spiro atoms. The molecule has 0 radical (unpaired) electrons. The quantitative estimate of drug-likeness (QED) is 0.772. The van der Waals surface area contributed by atoms with Gasteiger partial charge in [0.2, 0.25) is 5.88 Å². The molecule has 7 heteroatoms. The normalized spacial score (nSPS) is 14.3. The van der Waals surface area contributed by atoms with Gasteiger partial charge >= 0.3 is 6.03 Å². The Balaban J connectivity index is 1.37. The molecule has 0 saturated carbocycles. The summed E-state index contributed by atoms with van der Waals surface area (Å²) >= 11 is 0. The molecular weight excluding hydrogens is 342 g/mol. The fourth-order valence-corrected chi connectivity index (χ4v) is 3.17. The van der Waals surface area contributed by atoms with Gasteiger partial charge in [-0.25, -0.2) is 4.79 Å². The third kappa shape index (κ3) is 3.76. The van der Waals surface area contributed by atoms with Crippen molar-refractivity contribution in [2.75, 3.05) is 36.4 Å². The largest absolute Gasteiger partial charge is 0.449 e. The number of furan rings is 1. The van der Waals surface area contributed by atoms with Crippen LogP contribution in [0.5, 0.6) is 0 Å². The molecule has 1 aliphatic heterocycles. The van der Waals surface area contributed by atoms with E-state index in [-0.39, 0.29) is 6.03 Å². The second-order valence-electron chi connectivity index (χ2n) is 6.47. The average molecular weight is 363 g/mol. The lowest BCUT2D eigenvalue weighted by Crippen LogP contribution is -2.50. The summed E-state index contributed by atoms with van der Waals surface area (Å²) in [4.78, 5) is 16.2. The molecule has 0 atom stereocenters. The van der Waals surface area contributed by atoms with Crippen LogP contribution in [-0.4, -0.2) is 47.3 Å². The number of rotatable bonds is 3. The van der Waals surface area contributed by atoms with Crippen LogP contribution in [0.4, 0.5) is 16.5 Å². The molecule has 1 N–H and O–H groups in total. The van der Waals surface area contributed by atoms with Crippen LogP contribution < -0.4 is 10.2 Å². The van der Waals surface area contributed by atoms with Crippen LogP contribution >= 0.6 is 0 Å². The SMILES string of the molecule is Cc1ccccc1-c1ccc(N2CCN(C(=O)Nc3ccco3)CC2)nn1. The number of nitrogens with one attached hydrogen (secondary N) is 1. The summed E-state index contributed by atoms with van der Waals surface area (Å²) in [5, 5.41) is 11.5. The molecule has 1 aromatic carbocycles. The highest BCUT2D eigenvalue weighted by atomic mass is 16.3. The predicted octanol–water partition coefficient (Wildman–Crippen LogP) is 3.40. The van der Waals surface area contributed by atoms with Gasteiger partial charge in [0.25, 0.3) is 0 Å². The number of nitrogens with zero attached hydrogens (tertiary/aromatic N) is 4. The maximum absolute atomic E-state index is 12.3. The van der Waals surface area contributed by atoms with E-state index in [0.29, 0.717) is 32.1 Å². The first-order valence-corrected chi connectivity index (χ1v) is 8.95. The molecule has 3 heterocycles. The molecule has 4 rings (SSSR count). The molecular formula is C20H21N5O2. The van der Waals surface area contributed by atoms with E-state index in [2.05, 4.69) is 39.5 Å². The molecule has 1 saturated heterocycles. The van der Waals surface area contributed by atoms with Crippen LogP contribution in [0.2, 0.25) is 0 Å². The Morgan fingerprint density at radius 1 is 1.00 bits per heavy atom. The number of aryl methyl sites for hydroxylation is 1. The topological polar surface area (TPSA) is 74.5 Å². The first-order valence-electron chi connectivity index (χ1n) is 8.95. The van der Waals surface area contributed by atoms with E-state index in [1.165, 1.54) is 11.8 Å². The predicted molar refractivity (Wildman–Crippen MR) is 104 cm³/mol. The first-order chi connectivity index (χ1) is 13.2. The van der Waals surface area contributed by atoms with Crippen LogP contribution in [0.25, 0.3) is 11.3 Å². The van der Waals surface area contributed by atoms with Gasteiger partial charge in [-0.05, 0) is 30.7 Å². The van der Waals surface area contributed by atoms with E-state index in [4.69, 9.17) is 4.42 Å². The van der Waals surface area contributed by atoms with Gasteiger partial charge in [0.15, 0.2) is 5.82 Å². The molecule has 7 nitrogen and oxygen atoms in total. The van der Waals surface area contributed by atoms with Gasteiger partial charge in [-0.2, -0.15) is 0 Å². The van der Waals surface area contributed by atoms with Crippen molar-refractivity contribution in [3.63, 3.8) is 0 Å². The lowest BCUT2D eigenvalue weighted by Gasteiger charge is -2.34. The summed E-state index contributed by atoms with van der Waals surface area (Å²) in [6, 6.07) is 15.5. The van der Waals surface area contributed by atoms with Gasteiger partial charge in [0, 0.05) is 37.8 Å². The Morgan fingerprint density at radius 3 is 2.48 bits per heavy atom. The Hall–Kier alpha value is -3.35. The van der Waals surface area contributed by atoms with E-state index < -0.39 is 0 Å². The second-order valence-corrected chi connectivity index (χ2v) is 6.47. The van der Waals surface area contributed by atoms with Crippen molar-refractivity contribution >= 4 is 17.7 Å². The minimum absolute atomic E-state index is 0.148. The number of carbonyl (C=O) groups excluding carboxylic acids is 1. The molecule has 138 valence electrons. The summed E-state index contributed by atoms with van der Waals surface area (Å²) in [5.41, 5.74) is 3.14. The second kappa shape index (κ2) is 7.49. The van der Waals surface area contributed by atoms with E-state index in [1.54, 1.807) is 17.0 Å². The zero-order chi connectivity index (χ0) is 18.6. The number of benzene rings is 1. The zero-order valence-electron chi connectivity index (χ0n) is 15.1. The van der Waals surface area contributed by atoms with Gasteiger partial charge in [-0.3, -0.25) is 5.32 Å². The molecule has 2 amide bonds.